The Kier molecular flexibility index (Phi) is 35.4. The fourth-order valence-electron chi connectivity index (χ4n) is 14.0. The maximum atomic E-state index is 15.9. The highest BCUT2D eigenvalue weighted by Crippen LogP contribution is 2.34. The molecule has 0 aliphatic carbocycles. The number of nitrogens with one attached hydrogen (secondary N) is 16. The number of phenolic OH excluding ortho intramolecular Hbond substituents is 1. The van der Waals surface area contributed by atoms with Crippen molar-refractivity contribution in [2.75, 3.05) is 32.8 Å². The molecule has 0 fully saturated rings. The summed E-state index contributed by atoms with van der Waals surface area (Å²) in [6.45, 7) is 7.97. The van der Waals surface area contributed by atoms with Gasteiger partial charge in [0, 0.05) is 101 Å². The lowest BCUT2D eigenvalue weighted by Gasteiger charge is -2.36. The fourth-order valence-corrected chi connectivity index (χ4v) is 15.1. The Balaban J connectivity index is 0.994. The topological polar surface area (TPSA) is 595 Å². The molecule has 9 rings (SSSR count). The van der Waals surface area contributed by atoms with Gasteiger partial charge in [-0.05, 0) is 118 Å². The number of thioether (sulfide) groups is 1. The summed E-state index contributed by atoms with van der Waals surface area (Å²) in [4.78, 5) is 227. The number of aliphatic hydroxyl groups is 1. The largest absolute Gasteiger partial charge is 0.508 e. The number of primary amides is 1. The minimum atomic E-state index is -1.86. The molecule has 1 aliphatic rings. The van der Waals surface area contributed by atoms with E-state index in [-0.39, 0.29) is 74.4 Å². The molecule has 8 aromatic rings. The van der Waals surface area contributed by atoms with Gasteiger partial charge in [0.15, 0.2) is 0 Å². The summed E-state index contributed by atoms with van der Waals surface area (Å²) >= 11 is 1.08. The molecular formula is C87H109N19O19S. The van der Waals surface area contributed by atoms with Crippen molar-refractivity contribution in [3.05, 3.63) is 191 Å². The summed E-state index contributed by atoms with van der Waals surface area (Å²) in [5.41, 5.74) is 14.8. The molecule has 14 amide bonds. The van der Waals surface area contributed by atoms with Gasteiger partial charge in [-0.2, -0.15) is 0 Å². The number of aromatic amines is 3. The molecule has 1 aliphatic heterocycles. The molecule has 126 heavy (non-hydrogen) atoms. The SMILES string of the molecule is CC(C)[C@@H]1NC(=O)[C@H](Cc2c[nH]c3ccccc23)NC(=O)[C@H](CC(=O)O)NC(=O)[C@H](C)NC(=O)c2ccccc2CSC(C)(C)[C@@H](C(=O)N[C@@H](Cc2ccc(O)cc2)C(=O)N[C@@H](Cc2c[nH]c3ccccc23)C(=O)N[C@@H](Cc2cnc[nH]2)C(=O)N[C@H](C(=O)N[C@@H](Cc2ccccc2)C(=O)NCC(=O)NCCOCC(=O)N[C@H](CCCCN)C(N)=O)[C@@H](C)O)NC1=O. The van der Waals surface area contributed by atoms with Crippen LogP contribution in [0.1, 0.15) is 111 Å². The predicted molar refractivity (Wildman–Crippen MR) is 464 cm³/mol. The van der Waals surface area contributed by atoms with Crippen molar-refractivity contribution in [1.82, 2.24) is 89.1 Å². The number of hydrogen-bond donors (Lipinski definition) is 21. The number of hydrogen-bond acceptors (Lipinski definition) is 21. The van der Waals surface area contributed by atoms with E-state index in [1.54, 1.807) is 137 Å². The minimum Gasteiger partial charge on any atom is -0.508 e. The van der Waals surface area contributed by atoms with Gasteiger partial charge in [0.05, 0.1) is 32.0 Å². The molecule has 0 unspecified atom stereocenters. The second-order valence-corrected chi connectivity index (χ2v) is 33.1. The van der Waals surface area contributed by atoms with Crippen LogP contribution in [0.3, 0.4) is 0 Å². The van der Waals surface area contributed by atoms with Gasteiger partial charge in [0.25, 0.3) is 5.91 Å². The van der Waals surface area contributed by atoms with E-state index >= 15 is 28.8 Å². The average Bonchev–Trinajstić information content (AvgIpc) is 1.30. The van der Waals surface area contributed by atoms with E-state index in [0.717, 1.165) is 11.8 Å². The minimum absolute atomic E-state index is 0.0616. The molecule has 0 spiro atoms. The van der Waals surface area contributed by atoms with E-state index in [4.69, 9.17) is 16.2 Å². The first kappa shape index (κ1) is 96.3. The monoisotopic (exact) mass is 1760 g/mol. The molecule has 23 N–H and O–H groups in total. The Labute approximate surface area is 729 Å². The zero-order chi connectivity index (χ0) is 91.3. The summed E-state index contributed by atoms with van der Waals surface area (Å²) in [6.07, 6.45) is 3.17. The molecule has 4 heterocycles. The average molecular weight is 1760 g/mol. The number of H-pyrrole nitrogens is 3. The second-order valence-electron chi connectivity index (χ2n) is 31.5. The number of imidazole rings is 1. The summed E-state index contributed by atoms with van der Waals surface area (Å²) in [5, 5.41) is 67.5. The second kappa shape index (κ2) is 46.3. The quantitative estimate of drug-likeness (QED) is 0.0220. The third kappa shape index (κ3) is 28.3. The van der Waals surface area contributed by atoms with E-state index in [1.807, 2.05) is 0 Å². The van der Waals surface area contributed by atoms with Crippen molar-refractivity contribution >= 4 is 122 Å². The third-order valence-electron chi connectivity index (χ3n) is 21.0. The lowest BCUT2D eigenvalue weighted by atomic mass is 9.97. The van der Waals surface area contributed by atoms with Gasteiger partial charge < -0.3 is 116 Å². The van der Waals surface area contributed by atoms with Crippen LogP contribution >= 0.6 is 11.8 Å². The number of fused-ring (bicyclic) bond motifs is 3. The number of aromatic nitrogens is 4. The highest BCUT2D eigenvalue weighted by Gasteiger charge is 2.43. The maximum absolute atomic E-state index is 15.9. The first-order valence-electron chi connectivity index (χ1n) is 41.1. The number of carboxylic acid groups (broad SMARTS) is 1. The predicted octanol–water partition coefficient (Wildman–Crippen LogP) is -0.342. The van der Waals surface area contributed by atoms with Crippen molar-refractivity contribution in [3.8, 4) is 5.75 Å². The number of benzene rings is 5. The Bertz CT molecular complexity index is 5160. The van der Waals surface area contributed by atoms with Crippen LogP contribution in [0.4, 0.5) is 0 Å². The van der Waals surface area contributed by atoms with E-state index in [9.17, 15) is 58.5 Å². The standard InChI is InChI=1S/C87H109N19O19S/c1-47(2)72-84(122)106-74(87(5,6)126-45-52-20-10-11-23-59(52)77(115)96-48(3)76(114)98-68(39-71(111)112)81(119)100-66(82(120)104-72)37-54-41-93-61-25-15-13-22-58(54)61)86(124)103-64(35-51-27-29-56(108)30-28-51)79(117)99-65(36-53-40-92-60-24-14-12-21-57(53)60)80(118)101-67(38-55-42-90-46-95-55)83(121)105-73(49(4)107)85(123)102-63(34-50-18-8-7-9-19-50)78(116)94-43-69(109)91-32-33-125-44-70(110)97-62(75(89)113)26-16-17-31-88/h7-15,18-25,27-30,40-42,46-49,62-68,72-74,92-93,107-108H,16-17,26,31-39,43-45,88H2,1-6H3,(H2,89,113)(H,90,95)(H,91,109)(H,94,116)(H,96,115)(H,97,110)(H,98,114)(H,99,117)(H,100,119)(H,101,118)(H,102,123)(H,103,124)(H,104,120)(H,105,121)(H,106,122)(H,111,112)/t48-,49+,62+,63-,64-,65-,66-,67-,68-,72-,73-,74+/m0/s1. The lowest BCUT2D eigenvalue weighted by molar-refractivity contribution is -0.141. The Hall–Kier alpha value is -13.5. The number of amides is 14. The van der Waals surface area contributed by atoms with Crippen LogP contribution in [0.2, 0.25) is 0 Å². The van der Waals surface area contributed by atoms with Gasteiger partial charge in [-0.15, -0.1) is 11.8 Å². The Morgan fingerprint density at radius 1 is 0.587 bits per heavy atom. The normalized spacial score (nSPS) is 18.1. The van der Waals surface area contributed by atoms with Crippen molar-refractivity contribution in [3.63, 3.8) is 0 Å². The van der Waals surface area contributed by atoms with Gasteiger partial charge in [0.1, 0.15) is 78.8 Å². The molecule has 672 valence electrons. The van der Waals surface area contributed by atoms with Crippen LogP contribution in [0, 0.1) is 5.92 Å². The van der Waals surface area contributed by atoms with Crippen molar-refractivity contribution < 1.29 is 92.0 Å². The fraction of sp³-hybridized carbons (Fsp3) is 0.402. The molecule has 5 aromatic carbocycles. The number of aliphatic carboxylic acids is 1. The molecule has 0 radical (unpaired) electrons. The highest BCUT2D eigenvalue weighted by atomic mass is 32.2. The zero-order valence-electron chi connectivity index (χ0n) is 70.4. The number of aromatic hydroxyl groups is 1. The van der Waals surface area contributed by atoms with E-state index in [1.165, 1.54) is 56.7 Å². The molecule has 0 bridgehead atoms. The number of phenols is 1. The number of nitrogens with zero attached hydrogens (tertiary/aromatic N) is 1. The number of nitrogens with two attached hydrogens (primary N) is 2. The number of rotatable bonds is 38. The van der Waals surface area contributed by atoms with E-state index in [0.29, 0.717) is 69.0 Å². The number of para-hydroxylation sites is 2. The van der Waals surface area contributed by atoms with Gasteiger partial charge in [-0.3, -0.25) is 71.9 Å². The van der Waals surface area contributed by atoms with Crippen LogP contribution < -0.4 is 80.6 Å². The van der Waals surface area contributed by atoms with Gasteiger partial charge in [-0.1, -0.05) is 111 Å². The number of ether oxygens (including phenoxy) is 1. The van der Waals surface area contributed by atoms with Crippen LogP contribution in [-0.2, 0) is 110 Å². The van der Waals surface area contributed by atoms with E-state index in [2.05, 4.69) is 89.1 Å². The molecule has 0 saturated carbocycles. The smallest absolute Gasteiger partial charge is 0.305 e. The summed E-state index contributed by atoms with van der Waals surface area (Å²) < 4.78 is 3.87. The first-order chi connectivity index (χ1) is 60.1. The molecule has 0 saturated heterocycles. The van der Waals surface area contributed by atoms with Crippen molar-refractivity contribution in [2.24, 2.45) is 17.4 Å². The third-order valence-corrected chi connectivity index (χ3v) is 22.5. The number of unbranched alkanes of at least 4 members (excludes halogenated alkanes) is 1. The summed E-state index contributed by atoms with van der Waals surface area (Å²) in [6, 6.07) is 17.1. The van der Waals surface area contributed by atoms with Crippen molar-refractivity contribution in [2.45, 2.75) is 182 Å². The molecule has 12 atom stereocenters. The van der Waals surface area contributed by atoms with Crippen LogP contribution in [0.15, 0.2) is 152 Å². The number of aliphatic hydroxyl groups excluding tert-OH is 1. The lowest BCUT2D eigenvalue weighted by Crippen LogP contribution is -2.64. The Morgan fingerprint density at radius 2 is 1.17 bits per heavy atom. The highest BCUT2D eigenvalue weighted by molar-refractivity contribution is 7.99. The van der Waals surface area contributed by atoms with Gasteiger partial charge in [0.2, 0.25) is 76.8 Å². The zero-order valence-corrected chi connectivity index (χ0v) is 71.2. The van der Waals surface area contributed by atoms with Crippen LogP contribution in [0.5, 0.6) is 5.75 Å². The summed E-state index contributed by atoms with van der Waals surface area (Å²) in [7, 11) is 0. The van der Waals surface area contributed by atoms with Crippen LogP contribution in [0.25, 0.3) is 21.8 Å². The van der Waals surface area contributed by atoms with Crippen molar-refractivity contribution in [1.29, 1.82) is 0 Å². The number of carbonyl (C=O) groups excluding carboxylic acids is 14. The van der Waals surface area contributed by atoms with E-state index < -0.39 is 191 Å². The van der Waals surface area contributed by atoms with Crippen LogP contribution in [-0.4, -0.2) is 234 Å². The maximum Gasteiger partial charge on any atom is 0.305 e. The first-order valence-corrected chi connectivity index (χ1v) is 42.1. The summed E-state index contributed by atoms with van der Waals surface area (Å²) in [5.74, 6) is -15.4. The number of carbonyl (C=O) groups is 15. The number of carboxylic acids is 1. The Morgan fingerprint density at radius 3 is 1.80 bits per heavy atom. The molecule has 39 heteroatoms. The molecule has 38 nitrogen and oxygen atoms in total. The molecule has 3 aromatic heterocycles. The van der Waals surface area contributed by atoms with Gasteiger partial charge >= 0.3 is 5.97 Å². The van der Waals surface area contributed by atoms with Gasteiger partial charge in [-0.25, -0.2) is 4.98 Å². The molecular weight excluding hydrogens is 1650 g/mol.